The number of hydrogen-bond acceptors (Lipinski definition) is 8. The van der Waals surface area contributed by atoms with E-state index < -0.39 is 17.9 Å². The number of benzene rings is 2. The molecular formula is C29H30N2O6. The zero-order valence-electron chi connectivity index (χ0n) is 21.5. The Hall–Kier alpha value is -4.46. The van der Waals surface area contributed by atoms with Crippen molar-refractivity contribution >= 4 is 35.4 Å². The van der Waals surface area contributed by atoms with Crippen LogP contribution in [0.5, 0.6) is 0 Å². The van der Waals surface area contributed by atoms with Crippen LogP contribution in [0.15, 0.2) is 87.7 Å². The largest absolute Gasteiger partial charge is 0.507 e. The molecule has 0 saturated heterocycles. The summed E-state index contributed by atoms with van der Waals surface area (Å²) in [5.41, 5.74) is 3.31. The number of carbonyl (C=O) groups excluding carboxylic acids is 3. The smallest absolute Gasteiger partial charge is 0.336 e. The summed E-state index contributed by atoms with van der Waals surface area (Å²) in [6, 6.07) is 15.7. The van der Waals surface area contributed by atoms with Crippen LogP contribution in [0, 0.1) is 0 Å². The van der Waals surface area contributed by atoms with Crippen molar-refractivity contribution in [3.8, 4) is 0 Å². The number of ketones is 1. The van der Waals surface area contributed by atoms with E-state index in [-0.39, 0.29) is 29.3 Å². The van der Waals surface area contributed by atoms with Gasteiger partial charge in [-0.2, -0.15) is 0 Å². The molecule has 1 aliphatic heterocycles. The molecule has 0 amide bonds. The van der Waals surface area contributed by atoms with Gasteiger partial charge >= 0.3 is 11.9 Å². The topological polar surface area (TPSA) is 114 Å². The number of rotatable bonds is 8. The lowest BCUT2D eigenvalue weighted by Gasteiger charge is -2.30. The molecule has 1 heterocycles. The summed E-state index contributed by atoms with van der Waals surface area (Å²) in [5, 5.41) is 13.7. The lowest BCUT2D eigenvalue weighted by molar-refractivity contribution is -0.139. The number of nitrogens with zero attached hydrogens (tertiary/aromatic N) is 1. The van der Waals surface area contributed by atoms with E-state index in [0.29, 0.717) is 33.8 Å². The molecule has 0 aliphatic carbocycles. The first-order chi connectivity index (χ1) is 17.7. The Labute approximate surface area is 216 Å². The number of hydrogen-bond donors (Lipinski definition) is 2. The molecule has 0 fully saturated rings. The molecule has 0 aromatic heterocycles. The van der Waals surface area contributed by atoms with Gasteiger partial charge in [-0.1, -0.05) is 42.5 Å². The second-order valence-corrected chi connectivity index (χ2v) is 8.39. The Morgan fingerprint density at radius 1 is 1.00 bits per heavy atom. The number of ether oxygens (including phenoxy) is 2. The zero-order chi connectivity index (χ0) is 27.1. The lowest BCUT2D eigenvalue weighted by atomic mass is 9.80. The second-order valence-electron chi connectivity index (χ2n) is 8.39. The van der Waals surface area contributed by atoms with E-state index in [9.17, 15) is 19.5 Å². The Morgan fingerprint density at radius 3 is 2.24 bits per heavy atom. The van der Waals surface area contributed by atoms with E-state index in [0.717, 1.165) is 0 Å². The minimum atomic E-state index is -0.761. The number of carbonyl (C=O) groups is 3. The summed E-state index contributed by atoms with van der Waals surface area (Å²) < 4.78 is 10.3. The van der Waals surface area contributed by atoms with Crippen LogP contribution in [0.2, 0.25) is 0 Å². The van der Waals surface area contributed by atoms with E-state index in [4.69, 9.17) is 9.47 Å². The molecule has 1 aliphatic rings. The van der Waals surface area contributed by atoms with E-state index >= 15 is 0 Å². The third-order valence-electron chi connectivity index (χ3n) is 5.89. The Bertz CT molecular complexity index is 1340. The summed E-state index contributed by atoms with van der Waals surface area (Å²) >= 11 is 0. The maximum Gasteiger partial charge on any atom is 0.336 e. The van der Waals surface area contributed by atoms with Gasteiger partial charge in [0.05, 0.1) is 42.0 Å². The van der Waals surface area contributed by atoms with Crippen molar-refractivity contribution < 1.29 is 29.0 Å². The summed E-state index contributed by atoms with van der Waals surface area (Å²) in [6.07, 6.45) is 1.31. The van der Waals surface area contributed by atoms with Gasteiger partial charge in [0.2, 0.25) is 0 Å². The monoisotopic (exact) mass is 502 g/mol. The molecule has 1 atom stereocenters. The molecule has 0 bridgehead atoms. The van der Waals surface area contributed by atoms with E-state index in [1.807, 2.05) is 6.07 Å². The zero-order valence-corrected chi connectivity index (χ0v) is 21.5. The fraction of sp³-hybridized carbons (Fsp3) is 0.241. The average Bonchev–Trinajstić information content (AvgIpc) is 2.88. The van der Waals surface area contributed by atoms with Gasteiger partial charge in [0.15, 0.2) is 5.78 Å². The molecule has 2 aromatic carbocycles. The van der Waals surface area contributed by atoms with E-state index in [1.165, 1.54) is 20.2 Å². The number of esters is 2. The highest BCUT2D eigenvalue weighted by Crippen LogP contribution is 2.40. The van der Waals surface area contributed by atoms with Crippen LogP contribution in [0.25, 0.3) is 5.76 Å². The molecule has 3 rings (SSSR count). The maximum absolute atomic E-state index is 12.9. The molecule has 2 aromatic rings. The minimum absolute atomic E-state index is 0.0485. The first kappa shape index (κ1) is 27.1. The Kier molecular flexibility index (Phi) is 8.79. The van der Waals surface area contributed by atoms with Crippen molar-refractivity contribution in [2.75, 3.05) is 13.7 Å². The number of dihydropyridines is 1. The molecule has 0 radical (unpaired) electrons. The summed E-state index contributed by atoms with van der Waals surface area (Å²) in [4.78, 5) is 42.4. The SMILES string of the molecule is CCOC(=O)C1=C(C)NC(C)=C(C(=O)OC)C1c1cccc(N=C/C(C(C)=O)=C(\O)c2ccccc2)c1. The second kappa shape index (κ2) is 12.0. The van der Waals surface area contributed by atoms with Crippen molar-refractivity contribution in [2.24, 2.45) is 4.99 Å². The highest BCUT2D eigenvalue weighted by atomic mass is 16.5. The molecule has 8 heteroatoms. The molecule has 8 nitrogen and oxygen atoms in total. The van der Waals surface area contributed by atoms with Crippen LogP contribution in [-0.4, -0.2) is 42.8 Å². The number of aliphatic imine (C=N–C) groups is 1. The third kappa shape index (κ3) is 6.03. The number of allylic oxidation sites excluding steroid dienone is 3. The first-order valence-electron chi connectivity index (χ1n) is 11.8. The average molecular weight is 503 g/mol. The molecule has 192 valence electrons. The van der Waals surface area contributed by atoms with Gasteiger partial charge in [0, 0.05) is 23.2 Å². The van der Waals surface area contributed by atoms with Gasteiger partial charge in [0.25, 0.3) is 0 Å². The number of Topliss-reactive ketones (excluding diaryl/α,β-unsaturated/α-hetero) is 1. The Morgan fingerprint density at radius 2 is 1.65 bits per heavy atom. The van der Waals surface area contributed by atoms with Crippen LogP contribution in [0.4, 0.5) is 5.69 Å². The van der Waals surface area contributed by atoms with Crippen LogP contribution in [0.1, 0.15) is 44.7 Å². The number of aliphatic hydroxyl groups is 1. The summed E-state index contributed by atoms with van der Waals surface area (Å²) in [7, 11) is 1.28. The number of aliphatic hydroxyl groups excluding tert-OH is 1. The van der Waals surface area contributed by atoms with Crippen LogP contribution in [-0.2, 0) is 23.9 Å². The minimum Gasteiger partial charge on any atom is -0.507 e. The van der Waals surface area contributed by atoms with Crippen molar-refractivity contribution in [3.05, 3.63) is 93.8 Å². The standard InChI is InChI=1S/C29H30N2O6/c1-6-37-29(35)25-18(3)31-17(2)24(28(34)36-5)26(25)21-13-10-14-22(15-21)30-16-23(19(4)32)27(33)20-11-8-7-9-12-20/h7-16,26,31,33H,6H2,1-5H3/b27-23+,30-16?. The molecule has 0 saturated carbocycles. The van der Waals surface area contributed by atoms with Gasteiger partial charge in [-0.15, -0.1) is 0 Å². The maximum atomic E-state index is 12.9. The first-order valence-corrected chi connectivity index (χ1v) is 11.8. The van der Waals surface area contributed by atoms with Crippen molar-refractivity contribution in [3.63, 3.8) is 0 Å². The van der Waals surface area contributed by atoms with Crippen molar-refractivity contribution in [1.29, 1.82) is 0 Å². The van der Waals surface area contributed by atoms with E-state index in [1.54, 1.807) is 69.3 Å². The van der Waals surface area contributed by atoms with Crippen LogP contribution >= 0.6 is 0 Å². The van der Waals surface area contributed by atoms with Gasteiger partial charge in [-0.3, -0.25) is 9.79 Å². The molecular weight excluding hydrogens is 472 g/mol. The molecule has 0 spiro atoms. The molecule has 37 heavy (non-hydrogen) atoms. The summed E-state index contributed by atoms with van der Waals surface area (Å²) in [6.45, 7) is 6.72. The number of nitrogens with one attached hydrogen (secondary N) is 1. The van der Waals surface area contributed by atoms with Crippen LogP contribution < -0.4 is 5.32 Å². The highest BCUT2D eigenvalue weighted by Gasteiger charge is 2.37. The fourth-order valence-electron chi connectivity index (χ4n) is 4.18. The lowest BCUT2D eigenvalue weighted by Crippen LogP contribution is -2.32. The van der Waals surface area contributed by atoms with Gasteiger partial charge < -0.3 is 19.9 Å². The van der Waals surface area contributed by atoms with Gasteiger partial charge in [0.1, 0.15) is 5.76 Å². The fourth-order valence-corrected chi connectivity index (χ4v) is 4.18. The highest BCUT2D eigenvalue weighted by molar-refractivity contribution is 6.17. The van der Waals surface area contributed by atoms with E-state index in [2.05, 4.69) is 10.3 Å². The van der Waals surface area contributed by atoms with Crippen molar-refractivity contribution in [2.45, 2.75) is 33.6 Å². The quantitative estimate of drug-likeness (QED) is 0.228. The third-order valence-corrected chi connectivity index (χ3v) is 5.89. The predicted molar refractivity (Wildman–Crippen MR) is 141 cm³/mol. The normalized spacial score (nSPS) is 16.3. The van der Waals surface area contributed by atoms with Crippen LogP contribution in [0.3, 0.4) is 0 Å². The number of methoxy groups -OCH3 is 1. The Balaban J connectivity index is 2.10. The summed E-state index contributed by atoms with van der Waals surface area (Å²) in [5.74, 6) is -2.42. The van der Waals surface area contributed by atoms with Gasteiger partial charge in [-0.05, 0) is 45.4 Å². The molecule has 1 unspecified atom stereocenters. The van der Waals surface area contributed by atoms with Gasteiger partial charge in [-0.25, -0.2) is 9.59 Å². The van der Waals surface area contributed by atoms with Crippen molar-refractivity contribution in [1.82, 2.24) is 5.32 Å². The molecule has 2 N–H and O–H groups in total. The predicted octanol–water partition coefficient (Wildman–Crippen LogP) is 4.92.